The second-order valence-corrected chi connectivity index (χ2v) is 4.16. The normalized spacial score (nSPS) is 11.1. The summed E-state index contributed by atoms with van der Waals surface area (Å²) in [6.45, 7) is 4.24. The molecular weight excluding hydrogens is 242 g/mol. The summed E-state index contributed by atoms with van der Waals surface area (Å²) in [5.74, 6) is 1.38. The van der Waals surface area contributed by atoms with Crippen molar-refractivity contribution in [3.63, 3.8) is 0 Å². The number of methoxy groups -OCH3 is 2. The number of nitrogens with one attached hydrogen (secondary N) is 1. The second kappa shape index (κ2) is 7.46. The molecule has 0 aromatic heterocycles. The molecule has 4 heteroatoms. The molecule has 19 heavy (non-hydrogen) atoms. The van der Waals surface area contributed by atoms with E-state index in [1.54, 1.807) is 20.3 Å². The van der Waals surface area contributed by atoms with Crippen LogP contribution in [0.1, 0.15) is 25.8 Å². The molecule has 0 saturated carbocycles. The van der Waals surface area contributed by atoms with Crippen molar-refractivity contribution in [2.45, 2.75) is 26.8 Å². The molecule has 0 atom stereocenters. The number of carbonyl (C=O) groups is 1. The SMILES string of the molecule is CC/C=C(/C)C(=O)NCc1ccc(OC)cc1OC. The molecule has 104 valence electrons. The molecule has 0 bridgehead atoms. The van der Waals surface area contributed by atoms with Crippen LogP contribution in [0.5, 0.6) is 11.5 Å². The fourth-order valence-electron chi connectivity index (χ4n) is 1.71. The first-order valence-corrected chi connectivity index (χ1v) is 6.28. The zero-order chi connectivity index (χ0) is 14.3. The maximum Gasteiger partial charge on any atom is 0.246 e. The zero-order valence-electron chi connectivity index (χ0n) is 11.9. The highest BCUT2D eigenvalue weighted by molar-refractivity contribution is 5.92. The molecule has 0 saturated heterocycles. The zero-order valence-corrected chi connectivity index (χ0v) is 11.9. The third-order valence-corrected chi connectivity index (χ3v) is 2.80. The summed E-state index contributed by atoms with van der Waals surface area (Å²) in [7, 11) is 3.21. The van der Waals surface area contributed by atoms with Crippen LogP contribution in [0.25, 0.3) is 0 Å². The van der Waals surface area contributed by atoms with E-state index in [-0.39, 0.29) is 5.91 Å². The van der Waals surface area contributed by atoms with Gasteiger partial charge in [0.05, 0.1) is 14.2 Å². The molecule has 0 spiro atoms. The Morgan fingerprint density at radius 1 is 1.32 bits per heavy atom. The van der Waals surface area contributed by atoms with Crippen LogP contribution in [-0.4, -0.2) is 20.1 Å². The topological polar surface area (TPSA) is 47.6 Å². The first-order valence-electron chi connectivity index (χ1n) is 6.28. The molecule has 1 amide bonds. The highest BCUT2D eigenvalue weighted by atomic mass is 16.5. The Morgan fingerprint density at radius 2 is 2.05 bits per heavy atom. The van der Waals surface area contributed by atoms with Crippen molar-refractivity contribution in [1.82, 2.24) is 5.32 Å². The molecule has 4 nitrogen and oxygen atoms in total. The predicted molar refractivity (Wildman–Crippen MR) is 75.4 cm³/mol. The van der Waals surface area contributed by atoms with E-state index in [0.717, 1.165) is 23.3 Å². The summed E-state index contributed by atoms with van der Waals surface area (Å²) in [5, 5.41) is 2.87. The van der Waals surface area contributed by atoms with Gasteiger partial charge in [0.15, 0.2) is 0 Å². The third-order valence-electron chi connectivity index (χ3n) is 2.80. The summed E-state index contributed by atoms with van der Waals surface area (Å²) in [5.41, 5.74) is 1.65. The fraction of sp³-hybridized carbons (Fsp3) is 0.400. The minimum absolute atomic E-state index is 0.0558. The third kappa shape index (κ3) is 4.32. The largest absolute Gasteiger partial charge is 0.497 e. The summed E-state index contributed by atoms with van der Waals surface area (Å²) in [4.78, 5) is 11.8. The van der Waals surface area contributed by atoms with E-state index in [1.165, 1.54) is 0 Å². The van der Waals surface area contributed by atoms with E-state index in [1.807, 2.05) is 32.1 Å². The summed E-state index contributed by atoms with van der Waals surface area (Å²) < 4.78 is 10.4. The summed E-state index contributed by atoms with van der Waals surface area (Å²) in [6.07, 6.45) is 2.76. The Morgan fingerprint density at radius 3 is 2.63 bits per heavy atom. The van der Waals surface area contributed by atoms with E-state index >= 15 is 0 Å². The molecular formula is C15H21NO3. The van der Waals surface area contributed by atoms with Gasteiger partial charge in [-0.1, -0.05) is 13.0 Å². The molecule has 0 aliphatic heterocycles. The minimum atomic E-state index is -0.0558. The number of ether oxygens (including phenoxy) is 2. The van der Waals surface area contributed by atoms with Gasteiger partial charge < -0.3 is 14.8 Å². The van der Waals surface area contributed by atoms with E-state index in [0.29, 0.717) is 12.3 Å². The molecule has 0 heterocycles. The molecule has 0 aliphatic rings. The molecule has 1 aromatic rings. The average Bonchev–Trinajstić information content (AvgIpc) is 2.44. The molecule has 1 rings (SSSR count). The van der Waals surface area contributed by atoms with Crippen molar-refractivity contribution in [2.75, 3.05) is 14.2 Å². The summed E-state index contributed by atoms with van der Waals surface area (Å²) in [6, 6.07) is 5.53. The van der Waals surface area contributed by atoms with E-state index in [4.69, 9.17) is 9.47 Å². The lowest BCUT2D eigenvalue weighted by atomic mass is 10.1. The standard InChI is InChI=1S/C15H21NO3/c1-5-6-11(2)15(17)16-10-12-7-8-13(18-3)9-14(12)19-4/h6-9H,5,10H2,1-4H3,(H,16,17)/b11-6-. The number of hydrogen-bond donors (Lipinski definition) is 1. The van der Waals surface area contributed by atoms with Crippen molar-refractivity contribution in [1.29, 1.82) is 0 Å². The van der Waals surface area contributed by atoms with Gasteiger partial charge in [0, 0.05) is 23.7 Å². The molecule has 0 aliphatic carbocycles. The Labute approximate surface area is 114 Å². The van der Waals surface area contributed by atoms with E-state index in [9.17, 15) is 4.79 Å². The predicted octanol–water partition coefficient (Wildman–Crippen LogP) is 2.68. The lowest BCUT2D eigenvalue weighted by Gasteiger charge is -2.11. The van der Waals surface area contributed by atoms with E-state index < -0.39 is 0 Å². The van der Waals surface area contributed by atoms with Crippen LogP contribution in [0.3, 0.4) is 0 Å². The monoisotopic (exact) mass is 263 g/mol. The van der Waals surface area contributed by atoms with Crippen LogP contribution in [0.2, 0.25) is 0 Å². The number of carbonyl (C=O) groups excluding carboxylic acids is 1. The summed E-state index contributed by atoms with van der Waals surface area (Å²) >= 11 is 0. The van der Waals surface area contributed by atoms with Crippen molar-refractivity contribution < 1.29 is 14.3 Å². The second-order valence-electron chi connectivity index (χ2n) is 4.16. The van der Waals surface area contributed by atoms with Gasteiger partial charge in [-0.05, 0) is 25.5 Å². The maximum atomic E-state index is 11.8. The van der Waals surface area contributed by atoms with Crippen molar-refractivity contribution in [2.24, 2.45) is 0 Å². The van der Waals surface area contributed by atoms with Crippen LogP contribution in [0.15, 0.2) is 29.8 Å². The average molecular weight is 263 g/mol. The molecule has 0 fully saturated rings. The van der Waals surface area contributed by atoms with Crippen LogP contribution < -0.4 is 14.8 Å². The number of allylic oxidation sites excluding steroid dienone is 1. The Balaban J connectivity index is 2.72. The van der Waals surface area contributed by atoms with Gasteiger partial charge in [-0.25, -0.2) is 0 Å². The maximum absolute atomic E-state index is 11.8. The highest BCUT2D eigenvalue weighted by Gasteiger charge is 2.08. The van der Waals surface area contributed by atoms with E-state index in [2.05, 4.69) is 5.32 Å². The van der Waals surface area contributed by atoms with Crippen molar-refractivity contribution >= 4 is 5.91 Å². The molecule has 1 aromatic carbocycles. The van der Waals surface area contributed by atoms with Gasteiger partial charge in [0.25, 0.3) is 0 Å². The fourth-order valence-corrected chi connectivity index (χ4v) is 1.71. The molecule has 0 radical (unpaired) electrons. The van der Waals surface area contributed by atoms with Gasteiger partial charge in [-0.2, -0.15) is 0 Å². The highest BCUT2D eigenvalue weighted by Crippen LogP contribution is 2.24. The lowest BCUT2D eigenvalue weighted by Crippen LogP contribution is -2.23. The Bertz CT molecular complexity index is 466. The van der Waals surface area contributed by atoms with Gasteiger partial charge in [0.2, 0.25) is 5.91 Å². The first kappa shape index (κ1) is 15.1. The molecule has 0 unspecified atom stereocenters. The Hall–Kier alpha value is -1.97. The number of benzene rings is 1. The number of amides is 1. The van der Waals surface area contributed by atoms with Gasteiger partial charge in [-0.3, -0.25) is 4.79 Å². The first-order chi connectivity index (χ1) is 9.12. The van der Waals surface area contributed by atoms with Crippen LogP contribution in [0.4, 0.5) is 0 Å². The number of hydrogen-bond acceptors (Lipinski definition) is 3. The Kier molecular flexibility index (Phi) is 5.93. The molecule has 1 N–H and O–H groups in total. The lowest BCUT2D eigenvalue weighted by molar-refractivity contribution is -0.117. The van der Waals surface area contributed by atoms with Crippen LogP contribution in [-0.2, 0) is 11.3 Å². The van der Waals surface area contributed by atoms with Crippen LogP contribution in [0, 0.1) is 0 Å². The minimum Gasteiger partial charge on any atom is -0.497 e. The van der Waals surface area contributed by atoms with Crippen LogP contribution >= 0.6 is 0 Å². The quantitative estimate of drug-likeness (QED) is 0.803. The van der Waals surface area contributed by atoms with Crippen molar-refractivity contribution in [3.05, 3.63) is 35.4 Å². The smallest absolute Gasteiger partial charge is 0.246 e. The van der Waals surface area contributed by atoms with Gasteiger partial charge in [-0.15, -0.1) is 0 Å². The van der Waals surface area contributed by atoms with Crippen molar-refractivity contribution in [3.8, 4) is 11.5 Å². The van der Waals surface area contributed by atoms with Gasteiger partial charge in [0.1, 0.15) is 11.5 Å². The van der Waals surface area contributed by atoms with Gasteiger partial charge >= 0.3 is 0 Å². The number of rotatable bonds is 6.